The summed E-state index contributed by atoms with van der Waals surface area (Å²) in [6.45, 7) is 0.813. The summed E-state index contributed by atoms with van der Waals surface area (Å²) in [6.07, 6.45) is -7.71. The quantitative estimate of drug-likeness (QED) is 0.218. The fourth-order valence-electron chi connectivity index (χ4n) is 2.42. The van der Waals surface area contributed by atoms with Crippen LogP contribution in [0.3, 0.4) is 0 Å². The van der Waals surface area contributed by atoms with Crippen LogP contribution in [0.2, 0.25) is 0 Å². The maximum absolute atomic E-state index is 11.6. The molecule has 1 heterocycles. The highest BCUT2D eigenvalue weighted by molar-refractivity contribution is 6.32. The topological polar surface area (TPSA) is 203 Å². The van der Waals surface area contributed by atoms with E-state index in [4.69, 9.17) is 20.3 Å². The Labute approximate surface area is 147 Å². The summed E-state index contributed by atoms with van der Waals surface area (Å²) in [5.41, 5.74) is 5.74. The zero-order chi connectivity index (χ0) is 20.2. The highest BCUT2D eigenvalue weighted by Crippen LogP contribution is 2.33. The molecule has 1 fully saturated rings. The van der Waals surface area contributed by atoms with E-state index in [0.717, 1.165) is 13.8 Å². The lowest BCUT2D eigenvalue weighted by Crippen LogP contribution is -2.67. The first-order valence-corrected chi connectivity index (χ1v) is 7.50. The Morgan fingerprint density at radius 1 is 1.31 bits per heavy atom. The Morgan fingerprint density at radius 3 is 2.31 bits per heavy atom. The van der Waals surface area contributed by atoms with Crippen molar-refractivity contribution in [3.8, 4) is 0 Å². The van der Waals surface area contributed by atoms with E-state index in [0.29, 0.717) is 0 Å². The summed E-state index contributed by atoms with van der Waals surface area (Å²) in [5, 5.41) is 38.5. The number of ketones is 1. The Kier molecular flexibility index (Phi) is 7.17. The van der Waals surface area contributed by atoms with Gasteiger partial charge in [-0.1, -0.05) is 0 Å². The Bertz CT molecular complexity index is 579. The third-order valence-electron chi connectivity index (χ3n) is 3.68. The van der Waals surface area contributed by atoms with Gasteiger partial charge in [-0.15, -0.1) is 0 Å². The van der Waals surface area contributed by atoms with Crippen LogP contribution in [0.25, 0.3) is 0 Å². The number of aliphatic hydroxyl groups is 3. The molecule has 12 heteroatoms. The fourth-order valence-corrected chi connectivity index (χ4v) is 2.42. The van der Waals surface area contributed by atoms with E-state index in [1.807, 2.05) is 0 Å². The predicted octanol–water partition coefficient (Wildman–Crippen LogP) is -3.34. The smallest absolute Gasteiger partial charge is 0.377 e. The van der Waals surface area contributed by atoms with Gasteiger partial charge in [-0.05, 0) is 0 Å². The van der Waals surface area contributed by atoms with Gasteiger partial charge in [0.15, 0.2) is 6.10 Å². The van der Waals surface area contributed by atoms with Crippen molar-refractivity contribution < 1.29 is 53.8 Å². The normalized spacial score (nSPS) is 30.8. The molecule has 0 aromatic carbocycles. The number of carboxylic acids is 1. The van der Waals surface area contributed by atoms with Crippen molar-refractivity contribution >= 4 is 23.7 Å². The van der Waals surface area contributed by atoms with E-state index in [-0.39, 0.29) is 0 Å². The number of hydrogen-bond donors (Lipinski definition) is 5. The van der Waals surface area contributed by atoms with Crippen molar-refractivity contribution in [3.63, 3.8) is 0 Å². The molecule has 6 N–H and O–H groups in total. The van der Waals surface area contributed by atoms with Crippen LogP contribution in [0.4, 0.5) is 0 Å². The van der Waals surface area contributed by atoms with Gasteiger partial charge in [0.1, 0.15) is 12.2 Å². The molecular weight excluding hydrogens is 358 g/mol. The summed E-state index contributed by atoms with van der Waals surface area (Å²) < 4.78 is 14.6. The van der Waals surface area contributed by atoms with E-state index < -0.39 is 73.0 Å². The molecule has 26 heavy (non-hydrogen) atoms. The van der Waals surface area contributed by atoms with Gasteiger partial charge in [0, 0.05) is 13.8 Å². The summed E-state index contributed by atoms with van der Waals surface area (Å²) in [4.78, 5) is 45.5. The molecule has 1 rings (SSSR count). The molecule has 0 saturated carbocycles. The zero-order valence-electron chi connectivity index (χ0n) is 14.0. The lowest BCUT2D eigenvalue weighted by molar-refractivity contribution is -0.299. The van der Waals surface area contributed by atoms with Gasteiger partial charge in [0.2, 0.25) is 5.78 Å². The van der Waals surface area contributed by atoms with Crippen LogP contribution in [0.15, 0.2) is 0 Å². The molecule has 1 aliphatic heterocycles. The zero-order valence-corrected chi connectivity index (χ0v) is 14.0. The van der Waals surface area contributed by atoms with Gasteiger partial charge in [-0.3, -0.25) is 9.59 Å². The largest absolute Gasteiger partial charge is 0.476 e. The lowest BCUT2D eigenvalue weighted by Gasteiger charge is -2.45. The first kappa shape index (κ1) is 21.9. The highest BCUT2D eigenvalue weighted by Gasteiger charge is 2.57. The van der Waals surface area contributed by atoms with Crippen LogP contribution in [0.5, 0.6) is 0 Å². The van der Waals surface area contributed by atoms with Crippen molar-refractivity contribution in [2.24, 2.45) is 5.73 Å². The number of carbonyl (C=O) groups excluding carboxylic acids is 3. The van der Waals surface area contributed by atoms with Gasteiger partial charge >= 0.3 is 23.7 Å². The lowest BCUT2D eigenvalue weighted by atomic mass is 9.89. The second-order valence-corrected chi connectivity index (χ2v) is 5.76. The van der Waals surface area contributed by atoms with Crippen LogP contribution in [-0.4, -0.2) is 87.0 Å². The molecule has 1 saturated heterocycles. The van der Waals surface area contributed by atoms with Crippen LogP contribution in [0, 0.1) is 0 Å². The van der Waals surface area contributed by atoms with Gasteiger partial charge in [-0.2, -0.15) is 0 Å². The number of rotatable bonds is 7. The molecule has 148 valence electrons. The second-order valence-electron chi connectivity index (χ2n) is 5.76. The number of aliphatic hydroxyl groups excluding tert-OH is 3. The number of carboxylic acid groups (broad SMARTS) is 1. The average Bonchev–Trinajstić information content (AvgIpc) is 2.54. The molecule has 0 spiro atoms. The number of carbonyl (C=O) groups is 4. The molecule has 0 amide bonds. The Morgan fingerprint density at radius 2 is 1.88 bits per heavy atom. The number of esters is 2. The minimum absolute atomic E-state index is 0.734. The van der Waals surface area contributed by atoms with Crippen molar-refractivity contribution in [3.05, 3.63) is 0 Å². The van der Waals surface area contributed by atoms with E-state index in [9.17, 15) is 34.5 Å². The monoisotopic (exact) mass is 379 g/mol. The molecular formula is C14H21NO11. The van der Waals surface area contributed by atoms with Gasteiger partial charge < -0.3 is 40.4 Å². The second kappa shape index (κ2) is 8.51. The first-order valence-electron chi connectivity index (χ1n) is 7.50. The SMILES string of the molecule is CC(=O)O[C@@]1(C(=O)O)C[C@H](O)[C@@H](N)[C@H]([C@H](OC(=O)C(C)=O)[C@H](O)CO)O1. The predicted molar refractivity (Wildman–Crippen MR) is 79.3 cm³/mol. The molecule has 1 aliphatic rings. The highest BCUT2D eigenvalue weighted by atomic mass is 16.7. The summed E-state index contributed by atoms with van der Waals surface area (Å²) in [5.74, 6) is -7.95. The van der Waals surface area contributed by atoms with E-state index in [1.54, 1.807) is 0 Å². The molecule has 12 nitrogen and oxygen atoms in total. The first-order chi connectivity index (χ1) is 11.9. The van der Waals surface area contributed by atoms with Gasteiger partial charge in [0.05, 0.1) is 25.2 Å². The van der Waals surface area contributed by atoms with E-state index in [1.165, 1.54) is 0 Å². The minimum atomic E-state index is -2.66. The molecule has 0 radical (unpaired) electrons. The van der Waals surface area contributed by atoms with Gasteiger partial charge in [-0.25, -0.2) is 9.59 Å². The molecule has 0 aliphatic carbocycles. The minimum Gasteiger partial charge on any atom is -0.476 e. The van der Waals surface area contributed by atoms with Crippen molar-refractivity contribution in [2.75, 3.05) is 6.61 Å². The Balaban J connectivity index is 3.28. The standard InChI is InChI=1S/C14H21NO11/c1-5(17)12(21)24-10(8(20)4-16)11-9(15)7(19)3-14(26-11,13(22)23)25-6(2)18/h7-11,16,19-20H,3-4,15H2,1-2H3,(H,22,23)/t7-,8+,9+,10+,11+,14-/m0/s1. The number of Topliss-reactive ketones (excluding diaryl/α,β-unsaturated/α-hetero) is 1. The fraction of sp³-hybridized carbons (Fsp3) is 0.714. The van der Waals surface area contributed by atoms with Crippen molar-refractivity contribution in [1.29, 1.82) is 0 Å². The molecule has 0 bridgehead atoms. The Hall–Kier alpha value is -2.12. The molecule has 0 unspecified atom stereocenters. The number of nitrogens with two attached hydrogens (primary N) is 1. The van der Waals surface area contributed by atoms with Crippen LogP contribution >= 0.6 is 0 Å². The summed E-state index contributed by atoms with van der Waals surface area (Å²) in [7, 11) is 0. The van der Waals surface area contributed by atoms with Gasteiger partial charge in [0.25, 0.3) is 0 Å². The maximum Gasteiger partial charge on any atom is 0.377 e. The molecule has 6 atom stereocenters. The molecule has 0 aromatic heterocycles. The van der Waals surface area contributed by atoms with Crippen LogP contribution in [0.1, 0.15) is 20.3 Å². The van der Waals surface area contributed by atoms with Crippen LogP contribution in [-0.2, 0) is 33.4 Å². The third kappa shape index (κ3) is 4.74. The molecule has 0 aromatic rings. The van der Waals surface area contributed by atoms with E-state index >= 15 is 0 Å². The number of aliphatic carboxylic acids is 1. The van der Waals surface area contributed by atoms with Crippen LogP contribution < -0.4 is 5.73 Å². The number of hydrogen-bond acceptors (Lipinski definition) is 11. The third-order valence-corrected chi connectivity index (χ3v) is 3.68. The summed E-state index contributed by atoms with van der Waals surface area (Å²) >= 11 is 0. The number of ether oxygens (including phenoxy) is 3. The average molecular weight is 379 g/mol. The summed E-state index contributed by atoms with van der Waals surface area (Å²) in [6, 6.07) is -1.40. The van der Waals surface area contributed by atoms with E-state index in [2.05, 4.69) is 4.74 Å². The maximum atomic E-state index is 11.6. The van der Waals surface area contributed by atoms with Crippen molar-refractivity contribution in [2.45, 2.75) is 56.5 Å². The van der Waals surface area contributed by atoms with Crippen molar-refractivity contribution in [1.82, 2.24) is 0 Å².